The van der Waals surface area contributed by atoms with Crippen molar-refractivity contribution < 1.29 is 4.79 Å². The van der Waals surface area contributed by atoms with Crippen LogP contribution in [-0.4, -0.2) is 37.0 Å². The molecule has 21 heavy (non-hydrogen) atoms. The van der Waals surface area contributed by atoms with Crippen molar-refractivity contribution in [3.63, 3.8) is 0 Å². The summed E-state index contributed by atoms with van der Waals surface area (Å²) >= 11 is 0. The third-order valence-corrected chi connectivity index (χ3v) is 2.78. The second kappa shape index (κ2) is 12.1. The van der Waals surface area contributed by atoms with Gasteiger partial charge in [0.15, 0.2) is 5.96 Å². The predicted octanol–water partition coefficient (Wildman–Crippen LogP) is 2.65. The number of hydrogen-bond donors (Lipinski definition) is 3. The van der Waals surface area contributed by atoms with Gasteiger partial charge in [-0.05, 0) is 34.1 Å². The molecule has 0 rings (SSSR count). The van der Waals surface area contributed by atoms with Crippen LogP contribution in [0.4, 0.5) is 0 Å². The minimum atomic E-state index is -0.205. The number of nitrogens with one attached hydrogen (secondary N) is 3. The van der Waals surface area contributed by atoms with Crippen LogP contribution < -0.4 is 16.0 Å². The van der Waals surface area contributed by atoms with Crippen LogP contribution in [0.2, 0.25) is 0 Å². The Kier molecular flexibility index (Phi) is 13.1. The molecule has 0 spiro atoms. The zero-order valence-electron chi connectivity index (χ0n) is 14.4. The number of unbranched alkanes of at least 4 members (excludes halogenated alkanes) is 2. The van der Waals surface area contributed by atoms with Gasteiger partial charge in [0.25, 0.3) is 0 Å². The van der Waals surface area contributed by atoms with Crippen molar-refractivity contribution in [2.45, 2.75) is 71.9 Å². The topological polar surface area (TPSA) is 65.5 Å². The molecule has 1 unspecified atom stereocenters. The van der Waals surface area contributed by atoms with Gasteiger partial charge in [-0.1, -0.05) is 26.2 Å². The van der Waals surface area contributed by atoms with E-state index in [0.29, 0.717) is 12.0 Å². The molecule has 1 amide bonds. The molecule has 0 heterocycles. The lowest BCUT2D eigenvalue weighted by Crippen LogP contribution is -2.49. The summed E-state index contributed by atoms with van der Waals surface area (Å²) in [6.07, 6.45) is 4.81. The number of halogens is 1. The summed E-state index contributed by atoms with van der Waals surface area (Å²) in [6.45, 7) is 10.5. The number of nitrogens with zero attached hydrogens (tertiary/aromatic N) is 1. The molecule has 0 aromatic carbocycles. The standard InChI is InChI=1S/C15H32N4O.HI/c1-7-8-9-10-12(2)18-14(16-6)17-11-13(20)19-15(3,4)5;/h12H,7-11H2,1-6H3,(H,19,20)(H2,16,17,18);1H. The van der Waals surface area contributed by atoms with E-state index >= 15 is 0 Å². The third-order valence-electron chi connectivity index (χ3n) is 2.78. The van der Waals surface area contributed by atoms with Gasteiger partial charge in [-0.3, -0.25) is 9.79 Å². The van der Waals surface area contributed by atoms with Crippen LogP contribution in [0.15, 0.2) is 4.99 Å². The molecular formula is C15H33IN4O. The lowest BCUT2D eigenvalue weighted by atomic mass is 10.1. The van der Waals surface area contributed by atoms with E-state index in [1.165, 1.54) is 19.3 Å². The van der Waals surface area contributed by atoms with Crippen molar-refractivity contribution in [1.82, 2.24) is 16.0 Å². The molecule has 0 bridgehead atoms. The maximum atomic E-state index is 11.7. The monoisotopic (exact) mass is 412 g/mol. The molecule has 0 aliphatic rings. The summed E-state index contributed by atoms with van der Waals surface area (Å²) in [4.78, 5) is 15.9. The van der Waals surface area contributed by atoms with Crippen LogP contribution in [0.25, 0.3) is 0 Å². The second-order valence-corrected chi connectivity index (χ2v) is 6.27. The maximum absolute atomic E-state index is 11.7. The average molecular weight is 412 g/mol. The smallest absolute Gasteiger partial charge is 0.239 e. The van der Waals surface area contributed by atoms with Gasteiger partial charge in [-0.15, -0.1) is 24.0 Å². The summed E-state index contributed by atoms with van der Waals surface area (Å²) in [5.74, 6) is 0.650. The Labute approximate surface area is 147 Å². The molecule has 0 aliphatic heterocycles. The Morgan fingerprint density at radius 3 is 2.33 bits per heavy atom. The molecule has 6 heteroatoms. The summed E-state index contributed by atoms with van der Waals surface area (Å²) in [6, 6.07) is 0.360. The van der Waals surface area contributed by atoms with Gasteiger partial charge in [-0.25, -0.2) is 0 Å². The van der Waals surface area contributed by atoms with E-state index in [9.17, 15) is 4.79 Å². The van der Waals surface area contributed by atoms with Crippen LogP contribution in [0, 0.1) is 0 Å². The van der Waals surface area contributed by atoms with Crippen molar-refractivity contribution in [2.24, 2.45) is 4.99 Å². The first-order chi connectivity index (χ1) is 9.28. The van der Waals surface area contributed by atoms with Crippen molar-refractivity contribution in [2.75, 3.05) is 13.6 Å². The first-order valence-corrected chi connectivity index (χ1v) is 7.56. The van der Waals surface area contributed by atoms with Crippen molar-refractivity contribution in [3.05, 3.63) is 0 Å². The number of amides is 1. The number of aliphatic imine (C=N–C) groups is 1. The van der Waals surface area contributed by atoms with Crippen LogP contribution in [0.5, 0.6) is 0 Å². The van der Waals surface area contributed by atoms with Crippen LogP contribution in [-0.2, 0) is 4.79 Å². The highest BCUT2D eigenvalue weighted by Crippen LogP contribution is 2.02. The van der Waals surface area contributed by atoms with Crippen LogP contribution >= 0.6 is 24.0 Å². The molecule has 0 aromatic heterocycles. The highest BCUT2D eigenvalue weighted by Gasteiger charge is 2.14. The zero-order valence-corrected chi connectivity index (χ0v) is 16.7. The normalized spacial score (nSPS) is 13.1. The molecule has 0 aliphatic carbocycles. The van der Waals surface area contributed by atoms with Gasteiger partial charge in [0.2, 0.25) is 5.91 Å². The molecule has 0 fully saturated rings. The van der Waals surface area contributed by atoms with Gasteiger partial charge >= 0.3 is 0 Å². The van der Waals surface area contributed by atoms with Gasteiger partial charge in [0, 0.05) is 18.6 Å². The number of rotatable bonds is 7. The summed E-state index contributed by atoms with van der Waals surface area (Å²) in [5, 5.41) is 9.25. The van der Waals surface area contributed by atoms with E-state index in [-0.39, 0.29) is 42.0 Å². The minimum absolute atomic E-state index is 0. The van der Waals surface area contributed by atoms with Crippen LogP contribution in [0.3, 0.4) is 0 Å². The SMILES string of the molecule is CCCCCC(C)NC(=NC)NCC(=O)NC(C)(C)C.I. The number of carbonyl (C=O) groups is 1. The van der Waals surface area contributed by atoms with E-state index in [4.69, 9.17) is 0 Å². The molecule has 0 saturated carbocycles. The fraction of sp³-hybridized carbons (Fsp3) is 0.867. The Morgan fingerprint density at radius 2 is 1.86 bits per heavy atom. The van der Waals surface area contributed by atoms with Crippen molar-refractivity contribution in [1.29, 1.82) is 0 Å². The Hall–Kier alpha value is -0.530. The number of hydrogen-bond acceptors (Lipinski definition) is 2. The Bertz CT molecular complexity index is 313. The minimum Gasteiger partial charge on any atom is -0.354 e. The maximum Gasteiger partial charge on any atom is 0.239 e. The Morgan fingerprint density at radius 1 is 1.24 bits per heavy atom. The molecule has 126 valence electrons. The number of carbonyl (C=O) groups excluding carboxylic acids is 1. The zero-order chi connectivity index (χ0) is 15.6. The highest BCUT2D eigenvalue weighted by molar-refractivity contribution is 14.0. The molecule has 3 N–H and O–H groups in total. The largest absolute Gasteiger partial charge is 0.354 e. The van der Waals surface area contributed by atoms with Gasteiger partial charge in [0.1, 0.15) is 0 Å². The fourth-order valence-corrected chi connectivity index (χ4v) is 1.83. The molecular weight excluding hydrogens is 379 g/mol. The third kappa shape index (κ3) is 14.2. The highest BCUT2D eigenvalue weighted by atomic mass is 127. The van der Waals surface area contributed by atoms with Crippen molar-refractivity contribution >= 4 is 35.8 Å². The second-order valence-electron chi connectivity index (χ2n) is 6.27. The lowest BCUT2D eigenvalue weighted by Gasteiger charge is -2.22. The van der Waals surface area contributed by atoms with E-state index in [2.05, 4.69) is 34.8 Å². The summed E-state index contributed by atoms with van der Waals surface area (Å²) in [5.41, 5.74) is -0.205. The van der Waals surface area contributed by atoms with Crippen molar-refractivity contribution in [3.8, 4) is 0 Å². The van der Waals surface area contributed by atoms with Gasteiger partial charge in [-0.2, -0.15) is 0 Å². The van der Waals surface area contributed by atoms with Gasteiger partial charge in [0.05, 0.1) is 6.54 Å². The molecule has 5 nitrogen and oxygen atoms in total. The first kappa shape index (κ1) is 22.7. The van der Waals surface area contributed by atoms with E-state index in [1.807, 2.05) is 20.8 Å². The predicted molar refractivity (Wildman–Crippen MR) is 101 cm³/mol. The quantitative estimate of drug-likeness (QED) is 0.261. The van der Waals surface area contributed by atoms with E-state index < -0.39 is 0 Å². The average Bonchev–Trinajstić information content (AvgIpc) is 2.32. The molecule has 0 saturated heterocycles. The summed E-state index contributed by atoms with van der Waals surface area (Å²) < 4.78 is 0. The lowest BCUT2D eigenvalue weighted by molar-refractivity contribution is -0.121. The first-order valence-electron chi connectivity index (χ1n) is 7.56. The van der Waals surface area contributed by atoms with E-state index in [0.717, 1.165) is 6.42 Å². The molecule has 0 aromatic rings. The Balaban J connectivity index is 0. The fourth-order valence-electron chi connectivity index (χ4n) is 1.83. The van der Waals surface area contributed by atoms with Gasteiger partial charge < -0.3 is 16.0 Å². The molecule has 1 atom stereocenters. The number of guanidine groups is 1. The summed E-state index contributed by atoms with van der Waals surface area (Å²) in [7, 11) is 1.72. The molecule has 0 radical (unpaired) electrons. The van der Waals surface area contributed by atoms with E-state index in [1.54, 1.807) is 7.05 Å². The van der Waals surface area contributed by atoms with Crippen LogP contribution in [0.1, 0.15) is 60.3 Å².